The van der Waals surface area contributed by atoms with Crippen molar-refractivity contribution < 1.29 is 18.4 Å². The molecule has 1 aliphatic rings. The summed E-state index contributed by atoms with van der Waals surface area (Å²) in [6, 6.07) is 13.5. The van der Waals surface area contributed by atoms with Crippen LogP contribution in [0.2, 0.25) is 0 Å². The van der Waals surface area contributed by atoms with Crippen LogP contribution in [0.25, 0.3) is 11.0 Å². The molecule has 0 radical (unpaired) electrons. The van der Waals surface area contributed by atoms with Crippen LogP contribution >= 0.6 is 0 Å². The van der Waals surface area contributed by atoms with Crippen LogP contribution in [0.5, 0.6) is 0 Å². The molecule has 2 amide bonds. The minimum absolute atomic E-state index is 0.0451. The SMILES string of the molecule is O=C(NCCN1CCN(C(=O)c2cc(=O)c3ccccc3o2)CC1)c1ccc(F)cc1. The van der Waals surface area contributed by atoms with E-state index in [0.29, 0.717) is 55.8 Å². The van der Waals surface area contributed by atoms with E-state index in [-0.39, 0.29) is 28.8 Å². The number of fused-ring (bicyclic) bond motifs is 1. The monoisotopic (exact) mass is 423 g/mol. The number of hydrogen-bond donors (Lipinski definition) is 1. The van der Waals surface area contributed by atoms with Gasteiger partial charge in [-0.1, -0.05) is 12.1 Å². The van der Waals surface area contributed by atoms with Crippen LogP contribution in [-0.4, -0.2) is 60.9 Å². The molecule has 1 N–H and O–H groups in total. The Kier molecular flexibility index (Phi) is 6.08. The van der Waals surface area contributed by atoms with Crippen molar-refractivity contribution in [3.8, 4) is 0 Å². The molecule has 0 bridgehead atoms. The van der Waals surface area contributed by atoms with Crippen LogP contribution < -0.4 is 10.7 Å². The summed E-state index contributed by atoms with van der Waals surface area (Å²) in [5.41, 5.74) is 0.573. The molecule has 0 spiro atoms. The third-order valence-corrected chi connectivity index (χ3v) is 5.32. The molecule has 1 saturated heterocycles. The van der Waals surface area contributed by atoms with Gasteiger partial charge in [0.1, 0.15) is 11.4 Å². The lowest BCUT2D eigenvalue weighted by molar-refractivity contribution is 0.0607. The second-order valence-electron chi connectivity index (χ2n) is 7.37. The molecular formula is C23H22FN3O4. The van der Waals surface area contributed by atoms with Gasteiger partial charge in [0.15, 0.2) is 11.2 Å². The molecule has 4 rings (SSSR count). The fourth-order valence-electron chi connectivity index (χ4n) is 3.57. The van der Waals surface area contributed by atoms with Gasteiger partial charge >= 0.3 is 0 Å². The Bertz CT molecular complexity index is 1150. The molecule has 1 fully saturated rings. The molecule has 160 valence electrons. The van der Waals surface area contributed by atoms with Crippen molar-refractivity contribution in [1.82, 2.24) is 15.1 Å². The summed E-state index contributed by atoms with van der Waals surface area (Å²) in [5.74, 6) is -0.886. The van der Waals surface area contributed by atoms with E-state index in [1.807, 2.05) is 0 Å². The maximum atomic E-state index is 12.9. The van der Waals surface area contributed by atoms with Gasteiger partial charge in [-0.05, 0) is 36.4 Å². The van der Waals surface area contributed by atoms with Crippen molar-refractivity contribution in [2.24, 2.45) is 0 Å². The molecule has 7 nitrogen and oxygen atoms in total. The Morgan fingerprint density at radius 1 is 1.00 bits per heavy atom. The zero-order valence-electron chi connectivity index (χ0n) is 16.8. The maximum Gasteiger partial charge on any atom is 0.289 e. The first-order chi connectivity index (χ1) is 15.0. The lowest BCUT2D eigenvalue weighted by Gasteiger charge is -2.34. The van der Waals surface area contributed by atoms with Crippen molar-refractivity contribution in [3.63, 3.8) is 0 Å². The molecule has 2 heterocycles. The first-order valence-corrected chi connectivity index (χ1v) is 10.1. The van der Waals surface area contributed by atoms with Crippen molar-refractivity contribution >= 4 is 22.8 Å². The Balaban J connectivity index is 1.27. The van der Waals surface area contributed by atoms with Crippen LogP contribution in [0.4, 0.5) is 4.39 Å². The normalized spacial score (nSPS) is 14.5. The Morgan fingerprint density at radius 3 is 2.45 bits per heavy atom. The van der Waals surface area contributed by atoms with Crippen molar-refractivity contribution in [1.29, 1.82) is 0 Å². The zero-order valence-corrected chi connectivity index (χ0v) is 16.8. The summed E-state index contributed by atoms with van der Waals surface area (Å²) in [6.45, 7) is 3.39. The average molecular weight is 423 g/mol. The van der Waals surface area contributed by atoms with E-state index >= 15 is 0 Å². The molecule has 0 aliphatic carbocycles. The Hall–Kier alpha value is -3.52. The summed E-state index contributed by atoms with van der Waals surface area (Å²) in [5, 5.41) is 3.27. The van der Waals surface area contributed by atoms with Crippen LogP contribution in [0.15, 0.2) is 63.8 Å². The van der Waals surface area contributed by atoms with E-state index in [0.717, 1.165) is 0 Å². The highest BCUT2D eigenvalue weighted by Gasteiger charge is 2.24. The molecule has 31 heavy (non-hydrogen) atoms. The van der Waals surface area contributed by atoms with E-state index in [1.165, 1.54) is 30.3 Å². The molecule has 0 saturated carbocycles. The maximum absolute atomic E-state index is 12.9. The van der Waals surface area contributed by atoms with Crippen LogP contribution in [0, 0.1) is 5.82 Å². The summed E-state index contributed by atoms with van der Waals surface area (Å²) >= 11 is 0. The van der Waals surface area contributed by atoms with Gasteiger partial charge < -0.3 is 14.6 Å². The third kappa shape index (κ3) is 4.80. The molecule has 3 aromatic rings. The first-order valence-electron chi connectivity index (χ1n) is 10.1. The highest BCUT2D eigenvalue weighted by Crippen LogP contribution is 2.14. The lowest BCUT2D eigenvalue weighted by atomic mass is 10.2. The van der Waals surface area contributed by atoms with Gasteiger partial charge in [0.05, 0.1) is 5.39 Å². The smallest absolute Gasteiger partial charge is 0.289 e. The van der Waals surface area contributed by atoms with Gasteiger partial charge in [0.2, 0.25) is 0 Å². The average Bonchev–Trinajstić information content (AvgIpc) is 2.79. The number of hydrogen-bond acceptors (Lipinski definition) is 5. The van der Waals surface area contributed by atoms with E-state index in [2.05, 4.69) is 10.2 Å². The number of piperazine rings is 1. The van der Waals surface area contributed by atoms with Gasteiger partial charge in [-0.2, -0.15) is 0 Å². The molecular weight excluding hydrogens is 401 g/mol. The zero-order chi connectivity index (χ0) is 21.8. The summed E-state index contributed by atoms with van der Waals surface area (Å²) in [4.78, 5) is 40.9. The fraction of sp³-hybridized carbons (Fsp3) is 0.261. The van der Waals surface area contributed by atoms with Gasteiger partial charge in [0.25, 0.3) is 11.8 Å². The number of rotatable bonds is 5. The van der Waals surface area contributed by atoms with Crippen molar-refractivity contribution in [3.05, 3.63) is 82.0 Å². The Labute approximate surface area is 178 Å². The number of halogens is 1. The number of carbonyl (C=O) groups excluding carboxylic acids is 2. The van der Waals surface area contributed by atoms with Crippen molar-refractivity contribution in [2.45, 2.75) is 0 Å². The first kappa shape index (κ1) is 20.7. The van der Waals surface area contributed by atoms with E-state index in [1.54, 1.807) is 29.2 Å². The molecule has 8 heteroatoms. The van der Waals surface area contributed by atoms with E-state index < -0.39 is 0 Å². The molecule has 2 aromatic carbocycles. The molecule has 0 atom stereocenters. The number of amides is 2. The topological polar surface area (TPSA) is 82.9 Å². The number of para-hydroxylation sites is 1. The van der Waals surface area contributed by atoms with Gasteiger partial charge in [0, 0.05) is 50.9 Å². The number of nitrogens with one attached hydrogen (secondary N) is 1. The number of nitrogens with zero attached hydrogens (tertiary/aromatic N) is 2. The number of benzene rings is 2. The summed E-state index contributed by atoms with van der Waals surface area (Å²) < 4.78 is 18.6. The second-order valence-corrected chi connectivity index (χ2v) is 7.37. The van der Waals surface area contributed by atoms with Gasteiger partial charge in [-0.25, -0.2) is 4.39 Å². The standard InChI is InChI=1S/C23H22FN3O4/c24-17-7-5-16(6-8-17)22(29)25-9-10-26-11-13-27(14-12-26)23(30)21-15-19(28)18-3-1-2-4-20(18)31-21/h1-8,15H,9-14H2,(H,25,29). The number of carbonyl (C=O) groups is 2. The highest BCUT2D eigenvalue weighted by atomic mass is 19.1. The summed E-state index contributed by atoms with van der Waals surface area (Å²) in [7, 11) is 0. The quantitative estimate of drug-likeness (QED) is 0.680. The molecule has 0 unspecified atom stereocenters. The van der Waals surface area contributed by atoms with Crippen molar-refractivity contribution in [2.75, 3.05) is 39.3 Å². The minimum Gasteiger partial charge on any atom is -0.451 e. The highest BCUT2D eigenvalue weighted by molar-refractivity contribution is 5.94. The predicted molar refractivity (Wildman–Crippen MR) is 114 cm³/mol. The molecule has 1 aromatic heterocycles. The van der Waals surface area contributed by atoms with E-state index in [4.69, 9.17) is 4.42 Å². The predicted octanol–water partition coefficient (Wildman–Crippen LogP) is 2.12. The van der Waals surface area contributed by atoms with E-state index in [9.17, 15) is 18.8 Å². The third-order valence-electron chi connectivity index (χ3n) is 5.32. The van der Waals surface area contributed by atoms with Crippen LogP contribution in [-0.2, 0) is 0 Å². The second kappa shape index (κ2) is 9.09. The van der Waals surface area contributed by atoms with Crippen LogP contribution in [0.3, 0.4) is 0 Å². The van der Waals surface area contributed by atoms with Gasteiger partial charge in [-0.3, -0.25) is 19.3 Å². The minimum atomic E-state index is -0.382. The molecule has 1 aliphatic heterocycles. The summed E-state index contributed by atoms with van der Waals surface area (Å²) in [6.07, 6.45) is 0. The largest absolute Gasteiger partial charge is 0.451 e. The Morgan fingerprint density at radius 2 is 1.71 bits per heavy atom. The fourth-order valence-corrected chi connectivity index (χ4v) is 3.57. The van der Waals surface area contributed by atoms with Crippen LogP contribution in [0.1, 0.15) is 20.9 Å². The lowest BCUT2D eigenvalue weighted by Crippen LogP contribution is -2.50. The van der Waals surface area contributed by atoms with Gasteiger partial charge in [-0.15, -0.1) is 0 Å².